The summed E-state index contributed by atoms with van der Waals surface area (Å²) in [6.45, 7) is 9.46. The molecule has 0 heterocycles. The molecule has 0 bridgehead atoms. The van der Waals surface area contributed by atoms with Crippen molar-refractivity contribution < 1.29 is 0 Å². The van der Waals surface area contributed by atoms with Gasteiger partial charge in [-0.05, 0) is 42.9 Å². The molecular weight excluding hydrogens is 158 g/mol. The fourth-order valence-electron chi connectivity index (χ4n) is 2.35. The van der Waals surface area contributed by atoms with E-state index in [0.29, 0.717) is 11.5 Å². The van der Waals surface area contributed by atoms with Crippen LogP contribution in [-0.4, -0.2) is 6.04 Å². The summed E-state index contributed by atoms with van der Waals surface area (Å²) in [4.78, 5) is 0. The molecule has 1 nitrogen and oxygen atoms in total. The lowest BCUT2D eigenvalue weighted by molar-refractivity contribution is 0.135. The molecule has 1 saturated carbocycles. The minimum Gasteiger partial charge on any atom is -0.328 e. The van der Waals surface area contributed by atoms with E-state index in [1.807, 2.05) is 0 Å². The van der Waals surface area contributed by atoms with Crippen molar-refractivity contribution in [1.82, 2.24) is 0 Å². The Morgan fingerprint density at radius 1 is 1.08 bits per heavy atom. The molecule has 0 spiro atoms. The van der Waals surface area contributed by atoms with Gasteiger partial charge in [0.15, 0.2) is 0 Å². The lowest BCUT2D eigenvalue weighted by Gasteiger charge is -2.38. The molecule has 1 unspecified atom stereocenters. The van der Waals surface area contributed by atoms with Crippen LogP contribution in [0.5, 0.6) is 0 Å². The van der Waals surface area contributed by atoms with Crippen molar-refractivity contribution >= 4 is 0 Å². The first kappa shape index (κ1) is 11.0. The molecule has 1 heteroatoms. The summed E-state index contributed by atoms with van der Waals surface area (Å²) >= 11 is 0. The van der Waals surface area contributed by atoms with E-state index in [2.05, 4.69) is 27.7 Å². The smallest absolute Gasteiger partial charge is 0.00390 e. The zero-order valence-electron chi connectivity index (χ0n) is 9.64. The maximum absolute atomic E-state index is 5.91. The van der Waals surface area contributed by atoms with Gasteiger partial charge < -0.3 is 5.73 Å². The van der Waals surface area contributed by atoms with Gasteiger partial charge in [0, 0.05) is 6.04 Å². The summed E-state index contributed by atoms with van der Waals surface area (Å²) < 4.78 is 0. The van der Waals surface area contributed by atoms with Crippen molar-refractivity contribution in [2.45, 2.75) is 59.4 Å². The van der Waals surface area contributed by atoms with Crippen LogP contribution in [-0.2, 0) is 0 Å². The molecule has 2 N–H and O–H groups in total. The predicted octanol–water partition coefficient (Wildman–Crippen LogP) is 3.19. The van der Waals surface area contributed by atoms with Crippen LogP contribution in [0.1, 0.15) is 53.4 Å². The zero-order valence-corrected chi connectivity index (χ0v) is 9.64. The van der Waals surface area contributed by atoms with Gasteiger partial charge in [0.05, 0.1) is 0 Å². The van der Waals surface area contributed by atoms with Crippen LogP contribution in [0.25, 0.3) is 0 Å². The molecule has 0 aromatic rings. The summed E-state index contributed by atoms with van der Waals surface area (Å²) in [6.07, 6.45) is 5.18. The second kappa shape index (κ2) is 4.00. The lowest BCUT2D eigenvalue weighted by atomic mass is 9.69. The van der Waals surface area contributed by atoms with Crippen molar-refractivity contribution in [1.29, 1.82) is 0 Å². The van der Waals surface area contributed by atoms with Gasteiger partial charge in [-0.3, -0.25) is 0 Å². The second-order valence-electron chi connectivity index (χ2n) is 5.83. The van der Waals surface area contributed by atoms with Crippen molar-refractivity contribution in [3.63, 3.8) is 0 Å². The molecule has 0 amide bonds. The molecule has 0 aromatic carbocycles. The van der Waals surface area contributed by atoms with E-state index in [0.717, 1.165) is 11.8 Å². The largest absolute Gasteiger partial charge is 0.328 e. The Labute approximate surface area is 83.1 Å². The maximum atomic E-state index is 5.91. The number of nitrogens with two attached hydrogens (primary N) is 1. The first-order valence-electron chi connectivity index (χ1n) is 5.67. The maximum Gasteiger partial charge on any atom is 0.00390 e. The Morgan fingerprint density at radius 3 is 1.92 bits per heavy atom. The quantitative estimate of drug-likeness (QED) is 0.664. The van der Waals surface area contributed by atoms with Crippen molar-refractivity contribution in [3.05, 3.63) is 0 Å². The van der Waals surface area contributed by atoms with Gasteiger partial charge in [-0.15, -0.1) is 0 Å². The van der Waals surface area contributed by atoms with Gasteiger partial charge >= 0.3 is 0 Å². The highest BCUT2D eigenvalue weighted by molar-refractivity contribution is 4.82. The van der Waals surface area contributed by atoms with Gasteiger partial charge in [0.1, 0.15) is 0 Å². The first-order chi connectivity index (χ1) is 5.91. The van der Waals surface area contributed by atoms with Crippen LogP contribution < -0.4 is 5.73 Å². The molecule has 0 aromatic heterocycles. The highest BCUT2D eigenvalue weighted by Gasteiger charge is 2.30. The van der Waals surface area contributed by atoms with Gasteiger partial charge in [0.2, 0.25) is 0 Å². The van der Waals surface area contributed by atoms with Gasteiger partial charge in [-0.1, -0.05) is 27.7 Å². The molecule has 78 valence electrons. The van der Waals surface area contributed by atoms with Crippen LogP contribution in [0.3, 0.4) is 0 Å². The highest BCUT2D eigenvalue weighted by Crippen LogP contribution is 2.38. The molecule has 1 atom stereocenters. The second-order valence-corrected chi connectivity index (χ2v) is 5.83. The fourth-order valence-corrected chi connectivity index (χ4v) is 2.35. The molecule has 13 heavy (non-hydrogen) atoms. The molecule has 1 aliphatic rings. The zero-order chi connectivity index (χ0) is 10.1. The van der Waals surface area contributed by atoms with E-state index in [1.165, 1.54) is 25.7 Å². The standard InChI is InChI=1S/C12H25N/c1-9(12(2,3)4)10-5-7-11(13)8-6-10/h9-11H,5-8,13H2,1-4H3. The summed E-state index contributed by atoms with van der Waals surface area (Å²) in [5.74, 6) is 1.75. The highest BCUT2D eigenvalue weighted by atomic mass is 14.6. The van der Waals surface area contributed by atoms with E-state index >= 15 is 0 Å². The fraction of sp³-hybridized carbons (Fsp3) is 1.00. The predicted molar refractivity (Wildman–Crippen MR) is 58.6 cm³/mol. The van der Waals surface area contributed by atoms with E-state index in [1.54, 1.807) is 0 Å². The Balaban J connectivity index is 2.45. The van der Waals surface area contributed by atoms with Crippen LogP contribution in [0.2, 0.25) is 0 Å². The Kier molecular flexibility index (Phi) is 3.39. The average molecular weight is 183 g/mol. The van der Waals surface area contributed by atoms with Gasteiger partial charge in [-0.25, -0.2) is 0 Å². The summed E-state index contributed by atoms with van der Waals surface area (Å²) in [5, 5.41) is 0. The van der Waals surface area contributed by atoms with Crippen molar-refractivity contribution in [2.24, 2.45) is 23.0 Å². The Hall–Kier alpha value is -0.0400. The first-order valence-corrected chi connectivity index (χ1v) is 5.67. The monoisotopic (exact) mass is 183 g/mol. The SMILES string of the molecule is CC(C1CCC(N)CC1)C(C)(C)C. The third-order valence-electron chi connectivity index (χ3n) is 3.89. The van der Waals surface area contributed by atoms with Gasteiger partial charge in [0.25, 0.3) is 0 Å². The molecule has 1 rings (SSSR count). The van der Waals surface area contributed by atoms with Crippen LogP contribution in [0, 0.1) is 17.3 Å². The summed E-state index contributed by atoms with van der Waals surface area (Å²) in [7, 11) is 0. The lowest BCUT2D eigenvalue weighted by Crippen LogP contribution is -2.33. The Morgan fingerprint density at radius 2 is 1.54 bits per heavy atom. The Bertz CT molecular complexity index is 149. The number of hydrogen-bond donors (Lipinski definition) is 1. The minimum atomic E-state index is 0.464. The average Bonchev–Trinajstić information content (AvgIpc) is 2.03. The third kappa shape index (κ3) is 2.98. The van der Waals surface area contributed by atoms with E-state index in [-0.39, 0.29) is 0 Å². The van der Waals surface area contributed by atoms with Crippen LogP contribution in [0.4, 0.5) is 0 Å². The minimum absolute atomic E-state index is 0.464. The topological polar surface area (TPSA) is 26.0 Å². The summed E-state index contributed by atoms with van der Waals surface area (Å²) in [5.41, 5.74) is 6.37. The van der Waals surface area contributed by atoms with Crippen molar-refractivity contribution in [2.75, 3.05) is 0 Å². The molecule has 0 radical (unpaired) electrons. The molecule has 0 aliphatic heterocycles. The number of hydrogen-bond acceptors (Lipinski definition) is 1. The molecule has 1 fully saturated rings. The van der Waals surface area contributed by atoms with Crippen LogP contribution >= 0.6 is 0 Å². The molecule has 1 aliphatic carbocycles. The summed E-state index contributed by atoms with van der Waals surface area (Å²) in [6, 6.07) is 0.489. The molecular formula is C12H25N. The van der Waals surface area contributed by atoms with Crippen LogP contribution in [0.15, 0.2) is 0 Å². The number of rotatable bonds is 1. The molecule has 0 saturated heterocycles. The normalized spacial score (nSPS) is 33.0. The third-order valence-corrected chi connectivity index (χ3v) is 3.89. The van der Waals surface area contributed by atoms with E-state index in [4.69, 9.17) is 5.73 Å². The van der Waals surface area contributed by atoms with E-state index in [9.17, 15) is 0 Å². The van der Waals surface area contributed by atoms with Gasteiger partial charge in [-0.2, -0.15) is 0 Å². The van der Waals surface area contributed by atoms with Crippen molar-refractivity contribution in [3.8, 4) is 0 Å². The van der Waals surface area contributed by atoms with E-state index < -0.39 is 0 Å².